The molecule has 4 aromatic rings. The minimum atomic E-state index is -1.03. The molecule has 1 heterocycles. The van der Waals surface area contributed by atoms with Crippen LogP contribution in [-0.4, -0.2) is 28.2 Å². The van der Waals surface area contributed by atoms with Gasteiger partial charge in [0.2, 0.25) is 0 Å². The third-order valence-corrected chi connectivity index (χ3v) is 9.58. The summed E-state index contributed by atoms with van der Waals surface area (Å²) in [5.41, 5.74) is 3.69. The molecular weight excluding hydrogens is 532 g/mol. The fourth-order valence-corrected chi connectivity index (χ4v) is 7.40. The Labute approximate surface area is 246 Å². The summed E-state index contributed by atoms with van der Waals surface area (Å²) >= 11 is 6.22. The highest BCUT2D eigenvalue weighted by Crippen LogP contribution is 2.56. The number of pyridine rings is 1. The molecule has 1 fully saturated rings. The van der Waals surface area contributed by atoms with Crippen LogP contribution in [0.5, 0.6) is 5.75 Å². The van der Waals surface area contributed by atoms with E-state index < -0.39 is 11.5 Å². The molecule has 5 nitrogen and oxygen atoms in total. The van der Waals surface area contributed by atoms with Gasteiger partial charge in [0.25, 0.3) is 0 Å². The number of hydrogen-bond donors (Lipinski definition) is 2. The van der Waals surface area contributed by atoms with Crippen molar-refractivity contribution in [3.05, 3.63) is 125 Å². The van der Waals surface area contributed by atoms with Crippen molar-refractivity contribution in [2.45, 2.75) is 55.4 Å². The number of carboxylic acids is 1. The molecule has 0 bridgehead atoms. The molecule has 6 rings (SSSR count). The van der Waals surface area contributed by atoms with Crippen LogP contribution in [0.4, 0.5) is 5.69 Å². The van der Waals surface area contributed by atoms with E-state index in [1.54, 1.807) is 24.5 Å². The summed E-state index contributed by atoms with van der Waals surface area (Å²) in [6.45, 7) is 0.564. The van der Waals surface area contributed by atoms with Crippen molar-refractivity contribution in [3.63, 3.8) is 0 Å². The summed E-state index contributed by atoms with van der Waals surface area (Å²) < 4.78 is 6.27. The molecule has 0 saturated heterocycles. The summed E-state index contributed by atoms with van der Waals surface area (Å²) in [6, 6.07) is 30.6. The van der Waals surface area contributed by atoms with Crippen molar-refractivity contribution >= 4 is 23.3 Å². The van der Waals surface area contributed by atoms with E-state index >= 15 is 0 Å². The summed E-state index contributed by atoms with van der Waals surface area (Å²) in [5.74, 6) is 0.542. The molecule has 0 radical (unpaired) electrons. The van der Waals surface area contributed by atoms with Crippen LogP contribution < -0.4 is 10.1 Å². The maximum absolute atomic E-state index is 12.8. The zero-order valence-electron chi connectivity index (χ0n) is 23.0. The summed E-state index contributed by atoms with van der Waals surface area (Å²) in [4.78, 5) is 17.0. The topological polar surface area (TPSA) is 71.5 Å². The molecule has 210 valence electrons. The maximum Gasteiger partial charge on any atom is 0.329 e. The first-order valence-corrected chi connectivity index (χ1v) is 14.8. The van der Waals surface area contributed by atoms with E-state index in [0.717, 1.165) is 37.1 Å². The van der Waals surface area contributed by atoms with Gasteiger partial charge in [-0.25, -0.2) is 4.79 Å². The van der Waals surface area contributed by atoms with Crippen LogP contribution >= 0.6 is 11.6 Å². The number of fused-ring (bicyclic) bond motifs is 2. The highest BCUT2D eigenvalue weighted by atomic mass is 35.5. The number of nitrogens with zero attached hydrogens (tertiary/aromatic N) is 1. The zero-order chi connectivity index (χ0) is 28.3. The van der Waals surface area contributed by atoms with Crippen LogP contribution in [0, 0.1) is 5.92 Å². The van der Waals surface area contributed by atoms with E-state index in [9.17, 15) is 9.90 Å². The highest BCUT2D eigenvalue weighted by molar-refractivity contribution is 6.30. The fraction of sp³-hybridized carbons (Fsp3) is 0.314. The van der Waals surface area contributed by atoms with E-state index in [4.69, 9.17) is 16.3 Å². The molecule has 0 unspecified atom stereocenters. The van der Waals surface area contributed by atoms with Gasteiger partial charge in [0.15, 0.2) is 0 Å². The molecule has 3 aromatic carbocycles. The minimum absolute atomic E-state index is 0.0765. The van der Waals surface area contributed by atoms with E-state index in [1.807, 2.05) is 24.3 Å². The number of nitrogens with one attached hydrogen (secondary N) is 1. The van der Waals surface area contributed by atoms with Crippen molar-refractivity contribution in [1.29, 1.82) is 0 Å². The number of benzene rings is 3. The predicted molar refractivity (Wildman–Crippen MR) is 163 cm³/mol. The maximum atomic E-state index is 12.8. The number of carboxylic acid groups (broad SMARTS) is 1. The quantitative estimate of drug-likeness (QED) is 0.215. The Hall–Kier alpha value is -3.83. The summed E-state index contributed by atoms with van der Waals surface area (Å²) in [6.07, 6.45) is 8.16. The number of aromatic nitrogens is 1. The van der Waals surface area contributed by atoms with Crippen LogP contribution in [0.2, 0.25) is 5.02 Å². The van der Waals surface area contributed by atoms with Crippen molar-refractivity contribution in [3.8, 4) is 5.75 Å². The molecule has 2 atom stereocenters. The van der Waals surface area contributed by atoms with Gasteiger partial charge in [-0.1, -0.05) is 72.3 Å². The standard InChI is InChI=1S/C35H35ClN2O3/c36-29-11-6-12-30(22-29)38-35(33(39)40)17-15-34(16-18-35)28(20-26-10-4-5-14-32(26)34)21-27(25-8-2-1-3-9-25)24-41-31-13-7-19-37-23-31/h1-14,19,22-23,27-28,38H,15-18,20-21,24H2,(H,39,40)/t27-,28-,34?,35?/m0/s1. The molecule has 1 aromatic heterocycles. The van der Waals surface area contributed by atoms with Crippen molar-refractivity contribution in [1.82, 2.24) is 4.98 Å². The van der Waals surface area contributed by atoms with Crippen molar-refractivity contribution in [2.75, 3.05) is 11.9 Å². The molecule has 1 saturated carbocycles. The number of rotatable bonds is 9. The smallest absolute Gasteiger partial charge is 0.329 e. The number of halogens is 1. The van der Waals surface area contributed by atoms with Gasteiger partial charge < -0.3 is 15.2 Å². The first kappa shape index (κ1) is 27.3. The van der Waals surface area contributed by atoms with Crippen molar-refractivity contribution < 1.29 is 14.6 Å². The zero-order valence-corrected chi connectivity index (χ0v) is 23.8. The molecule has 2 aliphatic carbocycles. The Morgan fingerprint density at radius 1 is 0.976 bits per heavy atom. The van der Waals surface area contributed by atoms with E-state index in [1.165, 1.54) is 16.7 Å². The molecule has 2 aliphatic rings. The Balaban J connectivity index is 1.28. The van der Waals surface area contributed by atoms with Gasteiger partial charge in [-0.3, -0.25) is 4.98 Å². The molecule has 6 heteroatoms. The highest BCUT2D eigenvalue weighted by Gasteiger charge is 2.54. The van der Waals surface area contributed by atoms with Gasteiger partial charge in [-0.2, -0.15) is 0 Å². The molecule has 2 N–H and O–H groups in total. The normalized spacial score (nSPS) is 24.0. The Bertz CT molecular complexity index is 1490. The number of ether oxygens (including phenoxy) is 1. The van der Waals surface area contributed by atoms with Crippen molar-refractivity contribution in [2.24, 2.45) is 5.92 Å². The Morgan fingerprint density at radius 2 is 1.76 bits per heavy atom. The molecule has 0 aliphatic heterocycles. The molecular formula is C35H35ClN2O3. The second-order valence-corrected chi connectivity index (χ2v) is 12.0. The lowest BCUT2D eigenvalue weighted by Gasteiger charge is -2.47. The first-order valence-electron chi connectivity index (χ1n) is 14.4. The number of aliphatic carboxylic acids is 1. The minimum Gasteiger partial charge on any atom is -0.491 e. The lowest BCUT2D eigenvalue weighted by atomic mass is 9.59. The molecule has 41 heavy (non-hydrogen) atoms. The van der Waals surface area contributed by atoms with Gasteiger partial charge >= 0.3 is 5.97 Å². The first-order chi connectivity index (χ1) is 20.0. The largest absolute Gasteiger partial charge is 0.491 e. The van der Waals surface area contributed by atoms with E-state index in [2.05, 4.69) is 64.9 Å². The van der Waals surface area contributed by atoms with Gasteiger partial charge in [0.05, 0.1) is 12.8 Å². The SMILES string of the molecule is O=C(O)C1(Nc2cccc(Cl)c2)CCC2(CC1)c1ccccc1C[C@H]2C[C@@H](COc1cccnc1)c1ccccc1. The van der Waals surface area contributed by atoms with Crippen LogP contribution in [0.25, 0.3) is 0 Å². The molecule has 0 amide bonds. The average Bonchev–Trinajstić information content (AvgIpc) is 3.30. The lowest BCUT2D eigenvalue weighted by molar-refractivity contribution is -0.144. The van der Waals surface area contributed by atoms with Gasteiger partial charge in [-0.05, 0) is 96.9 Å². The second-order valence-electron chi connectivity index (χ2n) is 11.6. The summed E-state index contributed by atoms with van der Waals surface area (Å²) in [5, 5.41) is 14.4. The lowest BCUT2D eigenvalue weighted by Crippen LogP contribution is -2.53. The summed E-state index contributed by atoms with van der Waals surface area (Å²) in [7, 11) is 0. The molecule has 1 spiro atoms. The van der Waals surface area contributed by atoms with Crippen LogP contribution in [0.1, 0.15) is 54.7 Å². The van der Waals surface area contributed by atoms with Crippen LogP contribution in [-0.2, 0) is 16.6 Å². The Kier molecular flexibility index (Phi) is 7.72. The average molecular weight is 567 g/mol. The fourth-order valence-electron chi connectivity index (χ4n) is 7.21. The van der Waals surface area contributed by atoms with Crippen LogP contribution in [0.15, 0.2) is 103 Å². The number of carbonyl (C=O) groups is 1. The van der Waals surface area contributed by atoms with Gasteiger partial charge in [0, 0.05) is 22.8 Å². The predicted octanol–water partition coefficient (Wildman–Crippen LogP) is 7.91. The third-order valence-electron chi connectivity index (χ3n) is 9.34. The van der Waals surface area contributed by atoms with E-state index in [0.29, 0.717) is 30.4 Å². The third kappa shape index (κ3) is 5.56. The second kappa shape index (κ2) is 11.6. The van der Waals surface area contributed by atoms with Gasteiger partial charge in [0.1, 0.15) is 11.3 Å². The number of hydrogen-bond acceptors (Lipinski definition) is 4. The van der Waals surface area contributed by atoms with Crippen LogP contribution in [0.3, 0.4) is 0 Å². The Morgan fingerprint density at radius 3 is 2.49 bits per heavy atom. The van der Waals surface area contributed by atoms with E-state index in [-0.39, 0.29) is 11.3 Å². The monoisotopic (exact) mass is 566 g/mol. The van der Waals surface area contributed by atoms with Gasteiger partial charge in [-0.15, -0.1) is 0 Å². The number of anilines is 1.